The van der Waals surface area contributed by atoms with Crippen molar-refractivity contribution in [1.82, 2.24) is 19.7 Å². The van der Waals surface area contributed by atoms with Crippen LogP contribution in [0.1, 0.15) is 48.6 Å². The van der Waals surface area contributed by atoms with Crippen molar-refractivity contribution >= 4 is 11.6 Å². The average Bonchev–Trinajstić information content (AvgIpc) is 3.33. The standard InChI is InChI=1S/C26H39N5O3/c1-3-7-22(32)18-28-10-12-29(13-11-28)19-25-27-23(20-34-25)26(33)31-16-14-30(15-17-31)24-9-6-5-8-21(24)4-2/h5-6,8-9,20,22,32H,3-4,7,10-19H2,1-2H3/t22-/m0/s1. The number of carbonyl (C=O) groups is 1. The first-order chi connectivity index (χ1) is 16.6. The molecule has 8 nitrogen and oxygen atoms in total. The SMILES string of the molecule is CCC[C@H](O)CN1CCN(Cc2nc(C(=O)N3CCN(c4ccccc4CC)CC3)co2)CC1. The third kappa shape index (κ3) is 6.17. The lowest BCUT2D eigenvalue weighted by molar-refractivity contribution is 0.0634. The maximum absolute atomic E-state index is 13.0. The number of aliphatic hydroxyl groups excluding tert-OH is 1. The number of β-amino-alcohol motifs (C(OH)–C–C–N with tert-alkyl or cyclic N) is 1. The number of para-hydroxylation sites is 1. The molecule has 186 valence electrons. The van der Waals surface area contributed by atoms with Crippen molar-refractivity contribution in [3.8, 4) is 0 Å². The van der Waals surface area contributed by atoms with E-state index in [1.807, 2.05) is 4.90 Å². The first-order valence-electron chi connectivity index (χ1n) is 12.8. The van der Waals surface area contributed by atoms with Crippen molar-refractivity contribution in [1.29, 1.82) is 0 Å². The first kappa shape index (κ1) is 24.7. The number of piperazine rings is 2. The quantitative estimate of drug-likeness (QED) is 0.605. The summed E-state index contributed by atoms with van der Waals surface area (Å²) in [4.78, 5) is 26.4. The number of nitrogens with zero attached hydrogens (tertiary/aromatic N) is 5. The van der Waals surface area contributed by atoms with Crippen LogP contribution in [0.4, 0.5) is 5.69 Å². The molecule has 1 atom stereocenters. The Morgan fingerprint density at radius 1 is 1.03 bits per heavy atom. The highest BCUT2D eigenvalue weighted by Crippen LogP contribution is 2.23. The minimum Gasteiger partial charge on any atom is -0.447 e. The second-order valence-corrected chi connectivity index (χ2v) is 9.41. The van der Waals surface area contributed by atoms with E-state index in [0.717, 1.165) is 65.1 Å². The van der Waals surface area contributed by atoms with Gasteiger partial charge in [-0.1, -0.05) is 38.5 Å². The molecule has 3 heterocycles. The van der Waals surface area contributed by atoms with Gasteiger partial charge in [0.15, 0.2) is 5.69 Å². The molecule has 0 spiro atoms. The normalized spacial score (nSPS) is 18.9. The van der Waals surface area contributed by atoms with Crippen LogP contribution in [0, 0.1) is 0 Å². The molecule has 1 aromatic carbocycles. The van der Waals surface area contributed by atoms with E-state index in [4.69, 9.17) is 4.42 Å². The van der Waals surface area contributed by atoms with Crippen molar-refractivity contribution < 1.29 is 14.3 Å². The largest absolute Gasteiger partial charge is 0.447 e. The third-order valence-corrected chi connectivity index (χ3v) is 6.97. The van der Waals surface area contributed by atoms with Crippen LogP contribution in [-0.2, 0) is 13.0 Å². The Balaban J connectivity index is 1.24. The number of hydrogen-bond donors (Lipinski definition) is 1. The van der Waals surface area contributed by atoms with Gasteiger partial charge in [0.2, 0.25) is 5.89 Å². The number of rotatable bonds is 9. The molecular formula is C26H39N5O3. The van der Waals surface area contributed by atoms with Crippen LogP contribution in [-0.4, -0.2) is 95.7 Å². The summed E-state index contributed by atoms with van der Waals surface area (Å²) in [5, 5.41) is 10.0. The van der Waals surface area contributed by atoms with E-state index in [1.165, 1.54) is 17.5 Å². The van der Waals surface area contributed by atoms with E-state index in [1.54, 1.807) is 0 Å². The van der Waals surface area contributed by atoms with E-state index in [9.17, 15) is 9.90 Å². The summed E-state index contributed by atoms with van der Waals surface area (Å²) >= 11 is 0. The zero-order chi connectivity index (χ0) is 23.9. The molecule has 1 N–H and O–H groups in total. The second-order valence-electron chi connectivity index (χ2n) is 9.41. The van der Waals surface area contributed by atoms with E-state index in [2.05, 4.69) is 57.8 Å². The molecule has 0 bridgehead atoms. The Hall–Kier alpha value is -2.42. The number of amides is 1. The molecule has 0 aliphatic carbocycles. The van der Waals surface area contributed by atoms with Crippen LogP contribution in [0.2, 0.25) is 0 Å². The highest BCUT2D eigenvalue weighted by molar-refractivity contribution is 5.92. The molecule has 1 amide bonds. The lowest BCUT2D eigenvalue weighted by atomic mass is 10.1. The Morgan fingerprint density at radius 3 is 2.44 bits per heavy atom. The number of aliphatic hydroxyl groups is 1. The van der Waals surface area contributed by atoms with Crippen LogP contribution in [0.25, 0.3) is 0 Å². The molecule has 2 aromatic rings. The molecule has 8 heteroatoms. The molecule has 2 aliphatic rings. The van der Waals surface area contributed by atoms with Gasteiger partial charge in [-0.3, -0.25) is 14.6 Å². The molecule has 0 unspecified atom stereocenters. The predicted molar refractivity (Wildman–Crippen MR) is 133 cm³/mol. The summed E-state index contributed by atoms with van der Waals surface area (Å²) in [5.41, 5.74) is 3.03. The van der Waals surface area contributed by atoms with Gasteiger partial charge in [-0.05, 0) is 24.5 Å². The molecule has 2 aliphatic heterocycles. The minimum absolute atomic E-state index is 0.0480. The van der Waals surface area contributed by atoms with Crippen molar-refractivity contribution in [2.45, 2.75) is 45.8 Å². The van der Waals surface area contributed by atoms with Gasteiger partial charge in [0.25, 0.3) is 5.91 Å². The Labute approximate surface area is 203 Å². The average molecular weight is 470 g/mol. The van der Waals surface area contributed by atoms with Crippen molar-refractivity contribution in [3.63, 3.8) is 0 Å². The van der Waals surface area contributed by atoms with Crippen LogP contribution in [0.5, 0.6) is 0 Å². The van der Waals surface area contributed by atoms with Gasteiger partial charge in [0.05, 0.1) is 12.6 Å². The van der Waals surface area contributed by atoms with Gasteiger partial charge in [-0.15, -0.1) is 0 Å². The Morgan fingerprint density at radius 2 is 1.74 bits per heavy atom. The van der Waals surface area contributed by atoms with E-state index in [0.29, 0.717) is 31.2 Å². The Bertz CT molecular complexity index is 917. The molecule has 1 aromatic heterocycles. The van der Waals surface area contributed by atoms with E-state index < -0.39 is 0 Å². The summed E-state index contributed by atoms with van der Waals surface area (Å²) in [6.07, 6.45) is 4.14. The summed E-state index contributed by atoms with van der Waals surface area (Å²) in [6, 6.07) is 8.52. The zero-order valence-corrected chi connectivity index (χ0v) is 20.7. The fourth-order valence-corrected chi connectivity index (χ4v) is 4.96. The molecular weight excluding hydrogens is 430 g/mol. The second kappa shape index (κ2) is 11.8. The van der Waals surface area contributed by atoms with Crippen molar-refractivity contribution in [3.05, 3.63) is 47.7 Å². The fourth-order valence-electron chi connectivity index (χ4n) is 4.96. The lowest BCUT2D eigenvalue weighted by Gasteiger charge is -2.36. The smallest absolute Gasteiger partial charge is 0.275 e. The van der Waals surface area contributed by atoms with E-state index >= 15 is 0 Å². The summed E-state index contributed by atoms with van der Waals surface area (Å²) in [5.74, 6) is 0.548. The highest BCUT2D eigenvalue weighted by Gasteiger charge is 2.26. The highest BCUT2D eigenvalue weighted by atomic mass is 16.3. The molecule has 2 saturated heterocycles. The number of aromatic nitrogens is 1. The fraction of sp³-hybridized carbons (Fsp3) is 0.615. The van der Waals surface area contributed by atoms with Crippen LogP contribution >= 0.6 is 0 Å². The number of aryl methyl sites for hydroxylation is 1. The summed E-state index contributed by atoms with van der Waals surface area (Å²) in [7, 11) is 0. The maximum atomic E-state index is 13.0. The number of hydrogen-bond acceptors (Lipinski definition) is 7. The van der Waals surface area contributed by atoms with Gasteiger partial charge in [-0.25, -0.2) is 4.98 Å². The number of anilines is 1. The van der Waals surface area contributed by atoms with Gasteiger partial charge in [0.1, 0.15) is 6.26 Å². The van der Waals surface area contributed by atoms with Crippen LogP contribution in [0.15, 0.2) is 34.9 Å². The zero-order valence-electron chi connectivity index (χ0n) is 20.7. The van der Waals surface area contributed by atoms with Crippen molar-refractivity contribution in [2.75, 3.05) is 63.8 Å². The minimum atomic E-state index is -0.236. The van der Waals surface area contributed by atoms with E-state index in [-0.39, 0.29) is 12.0 Å². The Kier molecular flexibility index (Phi) is 8.59. The third-order valence-electron chi connectivity index (χ3n) is 6.97. The van der Waals surface area contributed by atoms with Gasteiger partial charge >= 0.3 is 0 Å². The topological polar surface area (TPSA) is 76.3 Å². The predicted octanol–water partition coefficient (Wildman–Crippen LogP) is 2.48. The van der Waals surface area contributed by atoms with Gasteiger partial charge < -0.3 is 19.3 Å². The number of benzene rings is 1. The van der Waals surface area contributed by atoms with Crippen LogP contribution in [0.3, 0.4) is 0 Å². The van der Waals surface area contributed by atoms with Crippen LogP contribution < -0.4 is 4.90 Å². The van der Waals surface area contributed by atoms with Gasteiger partial charge in [0, 0.05) is 64.6 Å². The lowest BCUT2D eigenvalue weighted by Crippen LogP contribution is -2.49. The molecule has 0 radical (unpaired) electrons. The molecule has 2 fully saturated rings. The first-order valence-corrected chi connectivity index (χ1v) is 12.8. The van der Waals surface area contributed by atoms with Gasteiger partial charge in [-0.2, -0.15) is 0 Å². The summed E-state index contributed by atoms with van der Waals surface area (Å²) < 4.78 is 5.66. The van der Waals surface area contributed by atoms with Crippen molar-refractivity contribution in [2.24, 2.45) is 0 Å². The number of oxazole rings is 1. The monoisotopic (exact) mass is 469 g/mol. The maximum Gasteiger partial charge on any atom is 0.275 e. The molecule has 34 heavy (non-hydrogen) atoms. The summed E-state index contributed by atoms with van der Waals surface area (Å²) in [6.45, 7) is 12.3. The molecule has 0 saturated carbocycles. The molecule has 4 rings (SSSR count). The number of carbonyl (C=O) groups excluding carboxylic acids is 1.